The molecule has 1 aliphatic carbocycles. The lowest BCUT2D eigenvalue weighted by molar-refractivity contribution is -0.122. The van der Waals surface area contributed by atoms with Crippen LogP contribution in [0, 0.1) is 0 Å². The molecule has 6 nitrogen and oxygen atoms in total. The standard InChI is InChI=1S/C16H22ClN3O3S/c1-12(16(21)19-18-14-6-4-2-3-5-7-14)20-24(22,23)15-10-8-13(17)9-11-15/h8-12,20H,2-7H2,1H3,(H,19,21)/t12-/m0/s1. The maximum absolute atomic E-state index is 12.2. The third-order valence-corrected chi connectivity index (χ3v) is 5.66. The molecule has 0 spiro atoms. The number of halogens is 1. The van der Waals surface area contributed by atoms with Crippen LogP contribution in [0.25, 0.3) is 0 Å². The lowest BCUT2D eigenvalue weighted by atomic mass is 10.2. The molecule has 0 bridgehead atoms. The van der Waals surface area contributed by atoms with Gasteiger partial charge in [0.05, 0.1) is 10.9 Å². The number of nitrogens with one attached hydrogen (secondary N) is 2. The Morgan fingerprint density at radius 3 is 2.29 bits per heavy atom. The van der Waals surface area contributed by atoms with Crippen LogP contribution in [0.3, 0.4) is 0 Å². The van der Waals surface area contributed by atoms with Crippen molar-refractivity contribution in [3.05, 3.63) is 29.3 Å². The summed E-state index contributed by atoms with van der Waals surface area (Å²) in [5.74, 6) is -0.482. The minimum Gasteiger partial charge on any atom is -0.271 e. The predicted octanol–water partition coefficient (Wildman–Crippen LogP) is 2.83. The van der Waals surface area contributed by atoms with Gasteiger partial charge in [-0.2, -0.15) is 9.82 Å². The summed E-state index contributed by atoms with van der Waals surface area (Å²) in [5, 5.41) is 4.59. The molecule has 1 aromatic rings. The van der Waals surface area contributed by atoms with Crippen molar-refractivity contribution >= 4 is 33.2 Å². The first-order valence-electron chi connectivity index (χ1n) is 8.02. The number of nitrogens with zero attached hydrogens (tertiary/aromatic N) is 1. The van der Waals surface area contributed by atoms with E-state index in [4.69, 9.17) is 11.6 Å². The van der Waals surface area contributed by atoms with Crippen molar-refractivity contribution in [3.63, 3.8) is 0 Å². The van der Waals surface area contributed by atoms with Crippen LogP contribution in [0.4, 0.5) is 0 Å². The Kier molecular flexibility index (Phi) is 6.77. The molecule has 1 amide bonds. The molecule has 0 saturated heterocycles. The maximum Gasteiger partial charge on any atom is 0.257 e. The Morgan fingerprint density at radius 2 is 1.71 bits per heavy atom. The number of hydrogen-bond donors (Lipinski definition) is 2. The molecule has 0 unspecified atom stereocenters. The Labute approximate surface area is 147 Å². The number of rotatable bonds is 5. The van der Waals surface area contributed by atoms with Gasteiger partial charge in [-0.1, -0.05) is 24.4 Å². The fraction of sp³-hybridized carbons (Fsp3) is 0.500. The van der Waals surface area contributed by atoms with Gasteiger partial charge >= 0.3 is 0 Å². The second-order valence-corrected chi connectivity index (χ2v) is 8.02. The van der Waals surface area contributed by atoms with E-state index in [1.807, 2.05) is 0 Å². The molecule has 0 aliphatic heterocycles. The van der Waals surface area contributed by atoms with Crippen LogP contribution in [0.5, 0.6) is 0 Å². The van der Waals surface area contributed by atoms with Gasteiger partial charge in [0.2, 0.25) is 10.0 Å². The third-order valence-electron chi connectivity index (χ3n) is 3.85. The number of amides is 1. The van der Waals surface area contributed by atoms with Crippen molar-refractivity contribution in [1.29, 1.82) is 0 Å². The molecular weight excluding hydrogens is 350 g/mol. The summed E-state index contributed by atoms with van der Waals surface area (Å²) < 4.78 is 26.8. The Bertz CT molecular complexity index is 692. The number of benzene rings is 1. The van der Waals surface area contributed by atoms with Crippen LogP contribution < -0.4 is 10.1 Å². The molecule has 2 N–H and O–H groups in total. The zero-order chi connectivity index (χ0) is 17.6. The van der Waals surface area contributed by atoms with E-state index in [-0.39, 0.29) is 4.90 Å². The van der Waals surface area contributed by atoms with Crippen LogP contribution in [0.1, 0.15) is 45.4 Å². The van der Waals surface area contributed by atoms with Gasteiger partial charge in [0, 0.05) is 10.7 Å². The topological polar surface area (TPSA) is 87.6 Å². The molecule has 1 aliphatic rings. The molecule has 2 rings (SSSR count). The molecular formula is C16H22ClN3O3S. The maximum atomic E-state index is 12.2. The normalized spacial score (nSPS) is 17.0. The fourth-order valence-electron chi connectivity index (χ4n) is 2.45. The summed E-state index contributed by atoms with van der Waals surface area (Å²) in [6.45, 7) is 1.48. The van der Waals surface area contributed by atoms with Crippen LogP contribution >= 0.6 is 11.6 Å². The van der Waals surface area contributed by atoms with E-state index in [0.29, 0.717) is 5.02 Å². The van der Waals surface area contributed by atoms with Gasteiger partial charge in [-0.15, -0.1) is 0 Å². The molecule has 0 aromatic heterocycles. The highest BCUT2D eigenvalue weighted by molar-refractivity contribution is 7.89. The van der Waals surface area contributed by atoms with Gasteiger partial charge in [-0.3, -0.25) is 4.79 Å². The fourth-order valence-corrected chi connectivity index (χ4v) is 3.78. The van der Waals surface area contributed by atoms with Crippen molar-refractivity contribution in [2.24, 2.45) is 5.10 Å². The summed E-state index contributed by atoms with van der Waals surface area (Å²) in [6.07, 6.45) is 6.28. The average molecular weight is 372 g/mol. The van der Waals surface area contributed by atoms with E-state index in [2.05, 4.69) is 15.2 Å². The highest BCUT2D eigenvalue weighted by Crippen LogP contribution is 2.15. The van der Waals surface area contributed by atoms with Crippen molar-refractivity contribution in [3.8, 4) is 0 Å². The number of carbonyl (C=O) groups excluding carboxylic acids is 1. The SMILES string of the molecule is C[C@H](NS(=O)(=O)c1ccc(Cl)cc1)C(=O)NN=C1CCCCCC1. The van der Waals surface area contributed by atoms with Crippen molar-refractivity contribution < 1.29 is 13.2 Å². The van der Waals surface area contributed by atoms with Crippen molar-refractivity contribution in [2.45, 2.75) is 56.4 Å². The van der Waals surface area contributed by atoms with E-state index in [9.17, 15) is 13.2 Å². The molecule has 1 atom stereocenters. The highest BCUT2D eigenvalue weighted by atomic mass is 35.5. The molecule has 8 heteroatoms. The quantitative estimate of drug-likeness (QED) is 0.616. The molecule has 0 heterocycles. The lowest BCUT2D eigenvalue weighted by Gasteiger charge is -2.13. The highest BCUT2D eigenvalue weighted by Gasteiger charge is 2.22. The second kappa shape index (κ2) is 8.60. The smallest absolute Gasteiger partial charge is 0.257 e. The van der Waals surface area contributed by atoms with Gasteiger partial charge < -0.3 is 0 Å². The molecule has 1 aromatic carbocycles. The first-order chi connectivity index (χ1) is 11.4. The predicted molar refractivity (Wildman–Crippen MR) is 94.5 cm³/mol. The van der Waals surface area contributed by atoms with Crippen LogP contribution in [-0.4, -0.2) is 26.1 Å². The molecule has 0 radical (unpaired) electrons. The van der Waals surface area contributed by atoms with Crippen molar-refractivity contribution in [2.75, 3.05) is 0 Å². The van der Waals surface area contributed by atoms with Gasteiger partial charge in [0.25, 0.3) is 5.91 Å². The van der Waals surface area contributed by atoms with E-state index in [1.165, 1.54) is 44.0 Å². The first-order valence-corrected chi connectivity index (χ1v) is 9.88. The number of sulfonamides is 1. The van der Waals surface area contributed by atoms with Gasteiger partial charge in [0.15, 0.2) is 0 Å². The summed E-state index contributed by atoms with van der Waals surface area (Å²) in [7, 11) is -3.79. The van der Waals surface area contributed by atoms with Crippen LogP contribution in [0.2, 0.25) is 5.02 Å². The molecule has 24 heavy (non-hydrogen) atoms. The zero-order valence-corrected chi connectivity index (χ0v) is 15.2. The van der Waals surface area contributed by atoms with Crippen LogP contribution in [-0.2, 0) is 14.8 Å². The minimum absolute atomic E-state index is 0.0571. The Hall–Kier alpha value is -1.44. The summed E-state index contributed by atoms with van der Waals surface area (Å²) in [5.41, 5.74) is 3.43. The van der Waals surface area contributed by atoms with E-state index in [0.717, 1.165) is 31.4 Å². The number of carbonyl (C=O) groups is 1. The van der Waals surface area contributed by atoms with Crippen molar-refractivity contribution in [1.82, 2.24) is 10.1 Å². The number of hydrazone groups is 1. The summed E-state index contributed by atoms with van der Waals surface area (Å²) in [6, 6.07) is 4.82. The summed E-state index contributed by atoms with van der Waals surface area (Å²) >= 11 is 5.75. The zero-order valence-electron chi connectivity index (χ0n) is 13.6. The molecule has 1 fully saturated rings. The molecule has 1 saturated carbocycles. The Morgan fingerprint density at radius 1 is 1.12 bits per heavy atom. The van der Waals surface area contributed by atoms with E-state index < -0.39 is 22.0 Å². The number of hydrogen-bond acceptors (Lipinski definition) is 4. The minimum atomic E-state index is -3.79. The second-order valence-electron chi connectivity index (χ2n) is 5.87. The summed E-state index contributed by atoms with van der Waals surface area (Å²) in [4.78, 5) is 12.1. The van der Waals surface area contributed by atoms with Gasteiger partial charge in [-0.05, 0) is 56.9 Å². The monoisotopic (exact) mass is 371 g/mol. The largest absolute Gasteiger partial charge is 0.271 e. The lowest BCUT2D eigenvalue weighted by Crippen LogP contribution is -2.43. The third kappa shape index (κ3) is 5.58. The van der Waals surface area contributed by atoms with Crippen LogP contribution in [0.15, 0.2) is 34.3 Å². The van der Waals surface area contributed by atoms with E-state index >= 15 is 0 Å². The first kappa shape index (κ1) is 18.9. The average Bonchev–Trinajstić information content (AvgIpc) is 2.81. The van der Waals surface area contributed by atoms with Gasteiger partial charge in [0.1, 0.15) is 0 Å². The van der Waals surface area contributed by atoms with E-state index in [1.54, 1.807) is 0 Å². The van der Waals surface area contributed by atoms with Gasteiger partial charge in [-0.25, -0.2) is 13.8 Å². The molecule has 132 valence electrons. The Balaban J connectivity index is 1.95.